The van der Waals surface area contributed by atoms with Crippen LogP contribution in [0.3, 0.4) is 0 Å². The summed E-state index contributed by atoms with van der Waals surface area (Å²) in [4.78, 5) is 15.9. The van der Waals surface area contributed by atoms with Crippen molar-refractivity contribution in [2.45, 2.75) is 44.8 Å². The Hall–Kier alpha value is -2.78. The van der Waals surface area contributed by atoms with E-state index in [0.717, 1.165) is 18.5 Å². The Morgan fingerprint density at radius 2 is 2.00 bits per heavy atom. The number of halogens is 3. The van der Waals surface area contributed by atoms with E-state index in [-0.39, 0.29) is 5.88 Å². The normalized spacial score (nSPS) is 15.0. The third kappa shape index (κ3) is 5.11. The molecule has 7 nitrogen and oxygen atoms in total. The number of nitrogens with one attached hydrogen (secondary N) is 2. The van der Waals surface area contributed by atoms with Gasteiger partial charge in [0.1, 0.15) is 0 Å². The average Bonchev–Trinajstić information content (AvgIpc) is 3.24. The lowest BCUT2D eigenvalue weighted by molar-refractivity contribution is -0.154. The van der Waals surface area contributed by atoms with Crippen LogP contribution in [0, 0.1) is 6.92 Å². The standard InChI is InChI=1S/C17H20F3N5O2/c1-11-14(9-22-25(11)13-4-2-3-5-13)24-16(26)23-12-6-7-15(21-8-12)27-10-17(18,19)20/h6-9,13H,2-5,10H2,1H3,(H2,23,24,26). The topological polar surface area (TPSA) is 81.1 Å². The van der Waals surface area contributed by atoms with Crippen LogP contribution < -0.4 is 15.4 Å². The minimum Gasteiger partial charge on any atom is -0.468 e. The Morgan fingerprint density at radius 3 is 2.63 bits per heavy atom. The molecule has 10 heteroatoms. The van der Waals surface area contributed by atoms with Gasteiger partial charge in [-0.25, -0.2) is 9.78 Å². The lowest BCUT2D eigenvalue weighted by Crippen LogP contribution is -2.21. The molecule has 1 aliphatic carbocycles. The molecule has 2 amide bonds. The summed E-state index contributed by atoms with van der Waals surface area (Å²) in [7, 11) is 0. The van der Waals surface area contributed by atoms with Gasteiger partial charge in [-0.05, 0) is 25.8 Å². The van der Waals surface area contributed by atoms with Crippen LogP contribution in [-0.2, 0) is 0 Å². The summed E-state index contributed by atoms with van der Waals surface area (Å²) >= 11 is 0. The van der Waals surface area contributed by atoms with E-state index in [9.17, 15) is 18.0 Å². The van der Waals surface area contributed by atoms with Gasteiger partial charge in [0.15, 0.2) is 6.61 Å². The first-order valence-electron chi connectivity index (χ1n) is 8.59. The first kappa shape index (κ1) is 19.0. The molecule has 0 aromatic carbocycles. The van der Waals surface area contributed by atoms with E-state index in [4.69, 9.17) is 0 Å². The van der Waals surface area contributed by atoms with Crippen LogP contribution >= 0.6 is 0 Å². The number of carbonyl (C=O) groups is 1. The molecule has 1 saturated carbocycles. The average molecular weight is 383 g/mol. The van der Waals surface area contributed by atoms with E-state index in [1.807, 2.05) is 11.6 Å². The largest absolute Gasteiger partial charge is 0.468 e. The summed E-state index contributed by atoms with van der Waals surface area (Å²) in [5, 5.41) is 9.65. The molecule has 0 aliphatic heterocycles. The minimum atomic E-state index is -4.43. The first-order valence-corrected chi connectivity index (χ1v) is 8.59. The Bertz CT molecular complexity index is 783. The second-order valence-electron chi connectivity index (χ2n) is 6.39. The number of anilines is 2. The van der Waals surface area contributed by atoms with Gasteiger partial charge in [-0.2, -0.15) is 18.3 Å². The summed E-state index contributed by atoms with van der Waals surface area (Å²) in [5.41, 5.74) is 1.82. The Labute approximate surface area is 153 Å². The van der Waals surface area contributed by atoms with Crippen molar-refractivity contribution in [3.8, 4) is 5.88 Å². The molecule has 0 radical (unpaired) electrons. The number of hydrogen-bond acceptors (Lipinski definition) is 4. The second kappa shape index (κ2) is 7.85. The summed E-state index contributed by atoms with van der Waals surface area (Å²) in [5.74, 6) is -0.174. The summed E-state index contributed by atoms with van der Waals surface area (Å²) < 4.78 is 42.8. The number of nitrogens with zero attached hydrogens (tertiary/aromatic N) is 3. The fourth-order valence-electron chi connectivity index (χ4n) is 3.04. The van der Waals surface area contributed by atoms with E-state index in [1.165, 1.54) is 31.2 Å². The maximum Gasteiger partial charge on any atom is 0.422 e. The van der Waals surface area contributed by atoms with E-state index in [1.54, 1.807) is 6.20 Å². The maximum absolute atomic E-state index is 12.1. The third-order valence-electron chi connectivity index (χ3n) is 4.34. The van der Waals surface area contributed by atoms with Crippen molar-refractivity contribution in [3.05, 3.63) is 30.2 Å². The highest BCUT2D eigenvalue weighted by Crippen LogP contribution is 2.31. The molecule has 146 valence electrons. The van der Waals surface area contributed by atoms with Gasteiger partial charge in [0.2, 0.25) is 5.88 Å². The van der Waals surface area contributed by atoms with Gasteiger partial charge in [0.05, 0.1) is 35.5 Å². The van der Waals surface area contributed by atoms with Crippen LogP contribution in [0.15, 0.2) is 24.5 Å². The van der Waals surface area contributed by atoms with Crippen molar-refractivity contribution >= 4 is 17.4 Å². The molecule has 2 heterocycles. The van der Waals surface area contributed by atoms with E-state index < -0.39 is 18.8 Å². The molecule has 0 saturated heterocycles. The Kier molecular flexibility index (Phi) is 5.52. The molecule has 0 bridgehead atoms. The van der Waals surface area contributed by atoms with Crippen molar-refractivity contribution in [1.29, 1.82) is 0 Å². The van der Waals surface area contributed by atoms with Crippen LogP contribution in [0.5, 0.6) is 5.88 Å². The SMILES string of the molecule is Cc1c(NC(=O)Nc2ccc(OCC(F)(F)F)nc2)cnn1C1CCCC1. The Morgan fingerprint density at radius 1 is 1.26 bits per heavy atom. The zero-order valence-corrected chi connectivity index (χ0v) is 14.7. The Balaban J connectivity index is 1.55. The number of pyridine rings is 1. The van der Waals surface area contributed by atoms with Crippen LogP contribution in [0.1, 0.15) is 37.4 Å². The number of alkyl halides is 3. The highest BCUT2D eigenvalue weighted by atomic mass is 19.4. The molecule has 27 heavy (non-hydrogen) atoms. The lowest BCUT2D eigenvalue weighted by Gasteiger charge is -2.13. The molecule has 0 atom stereocenters. The van der Waals surface area contributed by atoms with Gasteiger partial charge in [-0.1, -0.05) is 12.8 Å². The predicted molar refractivity (Wildman–Crippen MR) is 92.9 cm³/mol. The van der Waals surface area contributed by atoms with Crippen molar-refractivity contribution < 1.29 is 22.7 Å². The first-order chi connectivity index (χ1) is 12.8. The molecule has 2 N–H and O–H groups in total. The van der Waals surface area contributed by atoms with Crippen molar-refractivity contribution in [2.24, 2.45) is 0 Å². The zero-order chi connectivity index (χ0) is 19.4. The number of urea groups is 1. The molecule has 3 rings (SSSR count). The number of amides is 2. The van der Waals surface area contributed by atoms with Crippen molar-refractivity contribution in [1.82, 2.24) is 14.8 Å². The quantitative estimate of drug-likeness (QED) is 0.807. The van der Waals surface area contributed by atoms with Crippen LogP contribution in [0.4, 0.5) is 29.3 Å². The fraction of sp³-hybridized carbons (Fsp3) is 0.471. The molecular formula is C17H20F3N5O2. The van der Waals surface area contributed by atoms with E-state index >= 15 is 0 Å². The van der Waals surface area contributed by atoms with Gasteiger partial charge in [-0.15, -0.1) is 0 Å². The number of hydrogen-bond donors (Lipinski definition) is 2. The van der Waals surface area contributed by atoms with Gasteiger partial charge in [0.25, 0.3) is 0 Å². The molecular weight excluding hydrogens is 363 g/mol. The molecule has 2 aromatic heterocycles. The van der Waals surface area contributed by atoms with E-state index in [2.05, 4.69) is 25.5 Å². The van der Waals surface area contributed by atoms with Gasteiger partial charge >= 0.3 is 12.2 Å². The highest BCUT2D eigenvalue weighted by Gasteiger charge is 2.28. The van der Waals surface area contributed by atoms with E-state index in [0.29, 0.717) is 17.4 Å². The number of carbonyl (C=O) groups excluding carboxylic acids is 1. The van der Waals surface area contributed by atoms with Crippen LogP contribution in [-0.4, -0.2) is 33.6 Å². The molecule has 0 unspecified atom stereocenters. The summed E-state index contributed by atoms with van der Waals surface area (Å²) in [6, 6.07) is 2.55. The highest BCUT2D eigenvalue weighted by molar-refractivity contribution is 5.99. The number of aromatic nitrogens is 3. The fourth-order valence-corrected chi connectivity index (χ4v) is 3.04. The minimum absolute atomic E-state index is 0.174. The molecule has 1 fully saturated rings. The van der Waals surface area contributed by atoms with Crippen LogP contribution in [0.2, 0.25) is 0 Å². The monoisotopic (exact) mass is 383 g/mol. The summed E-state index contributed by atoms with van der Waals surface area (Å²) in [6.45, 7) is 0.479. The molecule has 0 spiro atoms. The third-order valence-corrected chi connectivity index (χ3v) is 4.34. The maximum atomic E-state index is 12.1. The van der Waals surface area contributed by atoms with Gasteiger partial charge in [0, 0.05) is 6.07 Å². The second-order valence-corrected chi connectivity index (χ2v) is 6.39. The van der Waals surface area contributed by atoms with Crippen molar-refractivity contribution in [3.63, 3.8) is 0 Å². The lowest BCUT2D eigenvalue weighted by atomic mass is 10.2. The summed E-state index contributed by atoms with van der Waals surface area (Å²) in [6.07, 6.45) is 2.94. The molecule has 2 aromatic rings. The number of ether oxygens (including phenoxy) is 1. The van der Waals surface area contributed by atoms with Crippen LogP contribution in [0.25, 0.3) is 0 Å². The molecule has 1 aliphatic rings. The van der Waals surface area contributed by atoms with Gasteiger partial charge < -0.3 is 15.4 Å². The van der Waals surface area contributed by atoms with Gasteiger partial charge in [-0.3, -0.25) is 4.68 Å². The smallest absolute Gasteiger partial charge is 0.422 e. The number of rotatable bonds is 5. The van der Waals surface area contributed by atoms with Crippen molar-refractivity contribution in [2.75, 3.05) is 17.2 Å². The predicted octanol–water partition coefficient (Wildman–Crippen LogP) is 4.29. The zero-order valence-electron chi connectivity index (χ0n) is 14.7.